The zero-order chi connectivity index (χ0) is 15.9. The first-order valence-corrected chi connectivity index (χ1v) is 3.71. The number of carbonyl (C=O) groups is 2. The summed E-state index contributed by atoms with van der Waals surface area (Å²) in [5, 5.41) is 0. The van der Waals surface area contributed by atoms with Crippen LogP contribution in [0.15, 0.2) is 0 Å². The van der Waals surface area contributed by atoms with Gasteiger partial charge in [0.2, 0.25) is 0 Å². The predicted molar refractivity (Wildman–Crippen MR) is 36.7 cm³/mol. The fraction of sp³-hybridized carbons (Fsp3) is 0.667. The van der Waals surface area contributed by atoms with E-state index in [2.05, 4.69) is 4.74 Å². The van der Waals surface area contributed by atoms with Crippen LogP contribution in [-0.4, -0.2) is 41.6 Å². The van der Waals surface area contributed by atoms with Crippen molar-refractivity contribution in [2.24, 2.45) is 0 Å². The lowest BCUT2D eigenvalue weighted by atomic mass is 10.3. The van der Waals surface area contributed by atoms with Crippen molar-refractivity contribution in [2.75, 3.05) is 0 Å². The maximum atomic E-state index is 12.1. The van der Waals surface area contributed by atoms with E-state index >= 15 is 0 Å². The standard InChI is InChI=1S/C6F10O3.H2O/c7-3(8,5(11,12)13)1(17)19-2(18)4(9,10)6(14,15)16;/h;1H2. The van der Waals surface area contributed by atoms with Crippen LogP contribution in [0.25, 0.3) is 0 Å². The van der Waals surface area contributed by atoms with Gasteiger partial charge in [0.25, 0.3) is 0 Å². The number of rotatable bonds is 2. The van der Waals surface area contributed by atoms with Gasteiger partial charge in [0, 0.05) is 0 Å². The van der Waals surface area contributed by atoms with Crippen LogP contribution in [0.3, 0.4) is 0 Å². The molecule has 0 saturated carbocycles. The van der Waals surface area contributed by atoms with Gasteiger partial charge in [-0.2, -0.15) is 43.9 Å². The van der Waals surface area contributed by atoms with E-state index in [0.717, 1.165) is 0 Å². The zero-order valence-corrected chi connectivity index (χ0v) is 8.50. The minimum atomic E-state index is -6.63. The number of hydrogen-bond donors (Lipinski definition) is 0. The molecule has 0 aromatic carbocycles. The van der Waals surface area contributed by atoms with Crippen molar-refractivity contribution in [3.05, 3.63) is 0 Å². The number of carbonyl (C=O) groups excluding carboxylic acids is 2. The highest BCUT2D eigenvalue weighted by Crippen LogP contribution is 2.39. The average Bonchev–Trinajstić information content (AvgIpc) is 2.13. The van der Waals surface area contributed by atoms with Gasteiger partial charge in [-0.25, -0.2) is 9.59 Å². The smallest absolute Gasteiger partial charge is 0.412 e. The summed E-state index contributed by atoms with van der Waals surface area (Å²) in [7, 11) is 0. The Labute approximate surface area is 101 Å². The molecule has 0 aliphatic carbocycles. The highest BCUT2D eigenvalue weighted by molar-refractivity contribution is 5.93. The van der Waals surface area contributed by atoms with Gasteiger partial charge < -0.3 is 10.2 Å². The summed E-state index contributed by atoms with van der Waals surface area (Å²) in [5.41, 5.74) is 0. The molecule has 0 aromatic rings. The molecule has 0 radical (unpaired) electrons. The normalized spacial score (nSPS) is 13.5. The van der Waals surface area contributed by atoms with Crippen LogP contribution in [0.5, 0.6) is 0 Å². The Morgan fingerprint density at radius 2 is 0.800 bits per heavy atom. The second-order valence-electron chi connectivity index (χ2n) is 2.82. The molecule has 0 aliphatic rings. The molecular weight excluding hydrogens is 326 g/mol. The molecule has 0 unspecified atom stereocenters. The van der Waals surface area contributed by atoms with E-state index in [-0.39, 0.29) is 5.48 Å². The van der Waals surface area contributed by atoms with E-state index in [1.165, 1.54) is 0 Å². The van der Waals surface area contributed by atoms with Crippen molar-refractivity contribution >= 4 is 11.9 Å². The van der Waals surface area contributed by atoms with Crippen LogP contribution < -0.4 is 0 Å². The Bertz CT molecular complexity index is 344. The second kappa shape index (κ2) is 5.41. The molecule has 0 amide bonds. The van der Waals surface area contributed by atoms with E-state index < -0.39 is 36.1 Å². The molecule has 0 atom stereocenters. The Kier molecular flexibility index (Phi) is 5.61. The van der Waals surface area contributed by atoms with Gasteiger partial charge in [0.15, 0.2) is 0 Å². The fourth-order valence-corrected chi connectivity index (χ4v) is 0.444. The molecule has 0 saturated heterocycles. The molecule has 20 heavy (non-hydrogen) atoms. The maximum absolute atomic E-state index is 12.1. The molecule has 4 nitrogen and oxygen atoms in total. The summed E-state index contributed by atoms with van der Waals surface area (Å²) < 4.78 is 120. The summed E-state index contributed by atoms with van der Waals surface area (Å²) in [6.07, 6.45) is -13.3. The molecule has 2 N–H and O–H groups in total. The summed E-state index contributed by atoms with van der Waals surface area (Å²) in [6, 6.07) is 0. The van der Waals surface area contributed by atoms with Crippen LogP contribution in [0.2, 0.25) is 0 Å². The fourth-order valence-electron chi connectivity index (χ4n) is 0.444. The summed E-state index contributed by atoms with van der Waals surface area (Å²) in [5.74, 6) is -20.6. The van der Waals surface area contributed by atoms with Gasteiger partial charge >= 0.3 is 36.1 Å². The Balaban J connectivity index is 0. The van der Waals surface area contributed by atoms with E-state index in [4.69, 9.17) is 0 Å². The first kappa shape index (κ1) is 20.7. The molecule has 0 bridgehead atoms. The Morgan fingerprint density at radius 1 is 0.600 bits per heavy atom. The third-order valence-corrected chi connectivity index (χ3v) is 1.41. The highest BCUT2D eigenvalue weighted by atomic mass is 19.4. The van der Waals surface area contributed by atoms with Crippen molar-refractivity contribution in [3.8, 4) is 0 Å². The number of hydrogen-bond acceptors (Lipinski definition) is 3. The molecule has 0 aromatic heterocycles. The van der Waals surface area contributed by atoms with Crippen molar-refractivity contribution < 1.29 is 63.7 Å². The van der Waals surface area contributed by atoms with Gasteiger partial charge in [-0.15, -0.1) is 0 Å². The van der Waals surface area contributed by atoms with E-state index in [1.54, 1.807) is 0 Å². The average molecular weight is 328 g/mol. The molecule has 0 heterocycles. The second-order valence-corrected chi connectivity index (χ2v) is 2.82. The zero-order valence-electron chi connectivity index (χ0n) is 8.50. The summed E-state index contributed by atoms with van der Waals surface area (Å²) >= 11 is 0. The van der Waals surface area contributed by atoms with Crippen LogP contribution >= 0.6 is 0 Å². The number of ether oxygens (including phenoxy) is 1. The minimum absolute atomic E-state index is 0. The molecule has 0 spiro atoms. The highest BCUT2D eigenvalue weighted by Gasteiger charge is 2.69. The topological polar surface area (TPSA) is 74.9 Å². The van der Waals surface area contributed by atoms with Crippen molar-refractivity contribution in [1.82, 2.24) is 0 Å². The van der Waals surface area contributed by atoms with Gasteiger partial charge in [-0.3, -0.25) is 0 Å². The third kappa shape index (κ3) is 3.71. The largest absolute Gasteiger partial charge is 0.465 e. The summed E-state index contributed by atoms with van der Waals surface area (Å²) in [4.78, 5) is 20.2. The Morgan fingerprint density at radius 3 is 0.950 bits per heavy atom. The van der Waals surface area contributed by atoms with Crippen LogP contribution in [0.1, 0.15) is 0 Å². The summed E-state index contributed by atoms with van der Waals surface area (Å²) in [6.45, 7) is 0. The minimum Gasteiger partial charge on any atom is -0.412 e. The van der Waals surface area contributed by atoms with Crippen molar-refractivity contribution in [3.63, 3.8) is 0 Å². The molecule has 0 fully saturated rings. The van der Waals surface area contributed by atoms with E-state index in [0.29, 0.717) is 0 Å². The first-order valence-electron chi connectivity index (χ1n) is 3.71. The monoisotopic (exact) mass is 328 g/mol. The molecule has 0 rings (SSSR count). The van der Waals surface area contributed by atoms with Gasteiger partial charge in [-0.1, -0.05) is 0 Å². The molecule has 14 heteroatoms. The van der Waals surface area contributed by atoms with Crippen LogP contribution in [0, 0.1) is 0 Å². The lowest BCUT2D eigenvalue weighted by Gasteiger charge is -2.20. The maximum Gasteiger partial charge on any atom is 0.465 e. The van der Waals surface area contributed by atoms with Crippen LogP contribution in [-0.2, 0) is 14.3 Å². The lowest BCUT2D eigenvalue weighted by Crippen LogP contribution is -2.51. The quantitative estimate of drug-likeness (QED) is 0.439. The molecular formula is C6H2F10O4. The van der Waals surface area contributed by atoms with Gasteiger partial charge in [0.05, 0.1) is 0 Å². The SMILES string of the molecule is O.O=C(OC(=O)C(F)(F)C(F)(F)F)C(F)(F)C(F)(F)F. The van der Waals surface area contributed by atoms with E-state index in [9.17, 15) is 53.5 Å². The number of halogens is 10. The first-order chi connectivity index (χ1) is 8.05. The molecule has 0 aliphatic heterocycles. The van der Waals surface area contributed by atoms with Gasteiger partial charge in [-0.05, 0) is 0 Å². The van der Waals surface area contributed by atoms with E-state index in [1.807, 2.05) is 0 Å². The van der Waals surface area contributed by atoms with Crippen molar-refractivity contribution in [1.29, 1.82) is 0 Å². The third-order valence-electron chi connectivity index (χ3n) is 1.41. The lowest BCUT2D eigenvalue weighted by molar-refractivity contribution is -0.292. The Hall–Kier alpha value is -1.60. The van der Waals surface area contributed by atoms with Crippen LogP contribution in [0.4, 0.5) is 43.9 Å². The number of esters is 2. The molecule has 120 valence electrons. The van der Waals surface area contributed by atoms with Crippen molar-refractivity contribution in [2.45, 2.75) is 24.2 Å². The predicted octanol–water partition coefficient (Wildman–Crippen LogP) is 1.63. The van der Waals surface area contributed by atoms with Gasteiger partial charge in [0.1, 0.15) is 0 Å². The number of alkyl halides is 10.